The standard InChI is InChI=1S/C23H21N3/c1-23(2,3)22-21(25-19-9-4-5-10-20(19)26-22)17-13-11-16(12-14-17)18-8-6-7-15-24-18/h4-15H,1-3H3. The first-order valence-corrected chi connectivity index (χ1v) is 8.81. The Bertz CT molecular complexity index is 1050. The lowest BCUT2D eigenvalue weighted by molar-refractivity contribution is 0.571. The number of pyridine rings is 1. The molecule has 128 valence electrons. The average Bonchev–Trinajstić information content (AvgIpc) is 2.67. The fraction of sp³-hybridized carbons (Fsp3) is 0.174. The molecular formula is C23H21N3. The minimum absolute atomic E-state index is 0.0912. The van der Waals surface area contributed by atoms with Crippen molar-refractivity contribution in [2.75, 3.05) is 0 Å². The number of aromatic nitrogens is 3. The summed E-state index contributed by atoms with van der Waals surface area (Å²) in [7, 11) is 0. The monoisotopic (exact) mass is 339 g/mol. The van der Waals surface area contributed by atoms with E-state index in [2.05, 4.69) is 50.0 Å². The number of fused-ring (bicyclic) bond motifs is 1. The molecule has 2 heterocycles. The third-order valence-corrected chi connectivity index (χ3v) is 4.40. The van der Waals surface area contributed by atoms with Crippen LogP contribution in [0.4, 0.5) is 0 Å². The fourth-order valence-electron chi connectivity index (χ4n) is 3.06. The fourth-order valence-corrected chi connectivity index (χ4v) is 3.06. The van der Waals surface area contributed by atoms with Gasteiger partial charge in [0.2, 0.25) is 0 Å². The largest absolute Gasteiger partial charge is 0.256 e. The van der Waals surface area contributed by atoms with Crippen LogP contribution in [0, 0.1) is 0 Å². The Hall–Kier alpha value is -3.07. The molecule has 26 heavy (non-hydrogen) atoms. The lowest BCUT2D eigenvalue weighted by Gasteiger charge is -2.21. The SMILES string of the molecule is CC(C)(C)c1nc2ccccc2nc1-c1ccc(-c2ccccn2)cc1. The smallest absolute Gasteiger partial charge is 0.0930 e. The second-order valence-corrected chi connectivity index (χ2v) is 7.45. The Morgan fingerprint density at radius 1 is 0.654 bits per heavy atom. The number of para-hydroxylation sites is 2. The van der Waals surface area contributed by atoms with Gasteiger partial charge < -0.3 is 0 Å². The van der Waals surface area contributed by atoms with Crippen LogP contribution in [0.5, 0.6) is 0 Å². The molecule has 4 aromatic rings. The molecule has 0 radical (unpaired) electrons. The van der Waals surface area contributed by atoms with Gasteiger partial charge in [0.1, 0.15) is 0 Å². The van der Waals surface area contributed by atoms with Crippen molar-refractivity contribution < 1.29 is 0 Å². The summed E-state index contributed by atoms with van der Waals surface area (Å²) in [5, 5.41) is 0. The zero-order valence-corrected chi connectivity index (χ0v) is 15.3. The normalized spacial score (nSPS) is 11.7. The number of nitrogens with zero attached hydrogens (tertiary/aromatic N) is 3. The molecule has 0 spiro atoms. The van der Waals surface area contributed by atoms with E-state index < -0.39 is 0 Å². The predicted octanol–water partition coefficient (Wildman–Crippen LogP) is 5.66. The van der Waals surface area contributed by atoms with E-state index in [-0.39, 0.29) is 5.41 Å². The van der Waals surface area contributed by atoms with E-state index >= 15 is 0 Å². The van der Waals surface area contributed by atoms with Gasteiger partial charge >= 0.3 is 0 Å². The molecule has 4 rings (SSSR count). The van der Waals surface area contributed by atoms with E-state index in [1.54, 1.807) is 0 Å². The van der Waals surface area contributed by atoms with Crippen molar-refractivity contribution >= 4 is 11.0 Å². The minimum Gasteiger partial charge on any atom is -0.256 e. The van der Waals surface area contributed by atoms with Crippen molar-refractivity contribution in [3.8, 4) is 22.5 Å². The number of hydrogen-bond donors (Lipinski definition) is 0. The summed E-state index contributed by atoms with van der Waals surface area (Å²) >= 11 is 0. The molecule has 2 aromatic heterocycles. The molecule has 0 unspecified atom stereocenters. The van der Waals surface area contributed by atoms with E-state index in [0.29, 0.717) is 0 Å². The molecule has 0 aliphatic rings. The van der Waals surface area contributed by atoms with Gasteiger partial charge in [-0.1, -0.05) is 63.2 Å². The molecule has 0 bridgehead atoms. The third kappa shape index (κ3) is 3.08. The van der Waals surface area contributed by atoms with Crippen LogP contribution in [-0.2, 0) is 5.41 Å². The van der Waals surface area contributed by atoms with Gasteiger partial charge in [0.05, 0.1) is 28.1 Å². The topological polar surface area (TPSA) is 38.7 Å². The maximum absolute atomic E-state index is 4.94. The zero-order chi connectivity index (χ0) is 18.1. The summed E-state index contributed by atoms with van der Waals surface area (Å²) < 4.78 is 0. The maximum Gasteiger partial charge on any atom is 0.0930 e. The first kappa shape index (κ1) is 16.4. The molecule has 0 fully saturated rings. The molecule has 0 N–H and O–H groups in total. The van der Waals surface area contributed by atoms with Crippen molar-refractivity contribution in [1.82, 2.24) is 15.0 Å². The minimum atomic E-state index is -0.0912. The Balaban J connectivity index is 1.85. The van der Waals surface area contributed by atoms with Gasteiger partial charge in [0.25, 0.3) is 0 Å². The molecular weight excluding hydrogens is 318 g/mol. The highest BCUT2D eigenvalue weighted by molar-refractivity contribution is 5.79. The lowest BCUT2D eigenvalue weighted by Crippen LogP contribution is -2.16. The average molecular weight is 339 g/mol. The van der Waals surface area contributed by atoms with Gasteiger partial charge in [-0.3, -0.25) is 4.98 Å². The highest BCUT2D eigenvalue weighted by Gasteiger charge is 2.22. The van der Waals surface area contributed by atoms with Gasteiger partial charge in [0.15, 0.2) is 0 Å². The van der Waals surface area contributed by atoms with Crippen LogP contribution < -0.4 is 0 Å². The van der Waals surface area contributed by atoms with Crippen molar-refractivity contribution in [3.05, 3.63) is 78.6 Å². The summed E-state index contributed by atoms with van der Waals surface area (Å²) in [6.07, 6.45) is 1.82. The first-order chi connectivity index (χ1) is 12.5. The van der Waals surface area contributed by atoms with Crippen molar-refractivity contribution in [3.63, 3.8) is 0 Å². The molecule has 0 saturated heterocycles. The van der Waals surface area contributed by atoms with Crippen LogP contribution in [0.15, 0.2) is 72.9 Å². The molecule has 3 nitrogen and oxygen atoms in total. The van der Waals surface area contributed by atoms with Gasteiger partial charge in [-0.15, -0.1) is 0 Å². The van der Waals surface area contributed by atoms with E-state index in [1.807, 2.05) is 48.7 Å². The summed E-state index contributed by atoms with van der Waals surface area (Å²) in [6.45, 7) is 6.53. The zero-order valence-electron chi connectivity index (χ0n) is 15.3. The van der Waals surface area contributed by atoms with E-state index in [4.69, 9.17) is 9.97 Å². The second kappa shape index (κ2) is 6.34. The maximum atomic E-state index is 4.94. The highest BCUT2D eigenvalue weighted by atomic mass is 14.8. The Labute approximate surface area is 153 Å². The van der Waals surface area contributed by atoms with Crippen molar-refractivity contribution in [2.45, 2.75) is 26.2 Å². The van der Waals surface area contributed by atoms with Crippen molar-refractivity contribution in [1.29, 1.82) is 0 Å². The second-order valence-electron chi connectivity index (χ2n) is 7.45. The van der Waals surface area contributed by atoms with Crippen LogP contribution in [0.2, 0.25) is 0 Å². The molecule has 0 amide bonds. The van der Waals surface area contributed by atoms with Gasteiger partial charge in [-0.2, -0.15) is 0 Å². The van der Waals surface area contributed by atoms with Gasteiger partial charge in [0, 0.05) is 22.7 Å². The molecule has 0 aliphatic carbocycles. The van der Waals surface area contributed by atoms with E-state index in [0.717, 1.165) is 39.2 Å². The summed E-state index contributed by atoms with van der Waals surface area (Å²) in [5.74, 6) is 0. The Kier molecular flexibility index (Phi) is 4.00. The highest BCUT2D eigenvalue weighted by Crippen LogP contribution is 2.32. The van der Waals surface area contributed by atoms with Gasteiger partial charge in [-0.05, 0) is 24.3 Å². The van der Waals surface area contributed by atoms with Crippen LogP contribution in [0.3, 0.4) is 0 Å². The molecule has 0 aliphatic heterocycles. The lowest BCUT2D eigenvalue weighted by atomic mass is 9.88. The number of benzene rings is 2. The summed E-state index contributed by atoms with van der Waals surface area (Å²) in [4.78, 5) is 14.3. The summed E-state index contributed by atoms with van der Waals surface area (Å²) in [6, 6.07) is 22.4. The third-order valence-electron chi connectivity index (χ3n) is 4.40. The van der Waals surface area contributed by atoms with Crippen LogP contribution in [0.1, 0.15) is 26.5 Å². The first-order valence-electron chi connectivity index (χ1n) is 8.81. The number of hydrogen-bond acceptors (Lipinski definition) is 3. The molecule has 0 saturated carbocycles. The molecule has 0 atom stereocenters. The van der Waals surface area contributed by atoms with Crippen LogP contribution in [0.25, 0.3) is 33.5 Å². The van der Waals surface area contributed by atoms with Gasteiger partial charge in [-0.25, -0.2) is 9.97 Å². The van der Waals surface area contributed by atoms with E-state index in [9.17, 15) is 0 Å². The van der Waals surface area contributed by atoms with Crippen LogP contribution >= 0.6 is 0 Å². The number of rotatable bonds is 2. The quantitative estimate of drug-likeness (QED) is 0.473. The predicted molar refractivity (Wildman–Crippen MR) is 107 cm³/mol. The van der Waals surface area contributed by atoms with E-state index in [1.165, 1.54) is 0 Å². The summed E-state index contributed by atoms with van der Waals surface area (Å²) in [5.41, 5.74) is 6.88. The van der Waals surface area contributed by atoms with Crippen LogP contribution in [-0.4, -0.2) is 15.0 Å². The Morgan fingerprint density at radius 3 is 1.88 bits per heavy atom. The molecule has 3 heteroatoms. The Morgan fingerprint density at radius 2 is 1.27 bits per heavy atom. The molecule has 2 aromatic carbocycles. The van der Waals surface area contributed by atoms with Crippen molar-refractivity contribution in [2.24, 2.45) is 0 Å².